The lowest BCUT2D eigenvalue weighted by Gasteiger charge is -2.10. The monoisotopic (exact) mass is 280 g/mol. The van der Waals surface area contributed by atoms with E-state index in [2.05, 4.69) is 15.3 Å². The summed E-state index contributed by atoms with van der Waals surface area (Å²) in [4.78, 5) is 8.29. The van der Waals surface area contributed by atoms with Crippen molar-refractivity contribution in [3.8, 4) is 6.07 Å². The molecule has 0 saturated heterocycles. The fraction of sp³-hybridized carbons (Fsp3) is 0. The summed E-state index contributed by atoms with van der Waals surface area (Å²) in [5.74, 6) is 0. The summed E-state index contributed by atoms with van der Waals surface area (Å²) in [6.07, 6.45) is 3.31. The molecule has 3 rings (SSSR count). The number of hydrogen-bond donors (Lipinski definition) is 1. The van der Waals surface area contributed by atoms with Crippen molar-refractivity contribution in [3.05, 3.63) is 59.5 Å². The maximum atomic E-state index is 8.87. The summed E-state index contributed by atoms with van der Waals surface area (Å²) in [6.45, 7) is 0. The van der Waals surface area contributed by atoms with Crippen molar-refractivity contribution in [3.63, 3.8) is 0 Å². The molecule has 20 heavy (non-hydrogen) atoms. The van der Waals surface area contributed by atoms with Crippen LogP contribution >= 0.6 is 11.6 Å². The smallest absolute Gasteiger partial charge is 0.142 e. The van der Waals surface area contributed by atoms with Gasteiger partial charge in [-0.25, -0.2) is 4.98 Å². The molecule has 0 amide bonds. The Bertz CT molecular complexity index is 823. The van der Waals surface area contributed by atoms with Crippen LogP contribution in [0.1, 0.15) is 5.69 Å². The summed E-state index contributed by atoms with van der Waals surface area (Å²) < 4.78 is 0. The van der Waals surface area contributed by atoms with E-state index >= 15 is 0 Å². The number of fused-ring (bicyclic) bond motifs is 1. The van der Waals surface area contributed by atoms with Crippen molar-refractivity contribution in [2.75, 3.05) is 5.32 Å². The number of rotatable bonds is 2. The third kappa shape index (κ3) is 2.27. The van der Waals surface area contributed by atoms with Crippen molar-refractivity contribution in [1.82, 2.24) is 9.97 Å². The zero-order chi connectivity index (χ0) is 13.9. The third-order valence-corrected chi connectivity index (χ3v) is 3.20. The standard InChI is InChI=1S/C15H9ClN4/c16-13-3-4-14(15-12(13)2-1-6-19-15)20-10-5-7-18-11(8-10)9-17/h1-8H,(H,18,20). The second kappa shape index (κ2) is 5.16. The Morgan fingerprint density at radius 2 is 2.00 bits per heavy atom. The predicted molar refractivity (Wildman–Crippen MR) is 79.0 cm³/mol. The molecular weight excluding hydrogens is 272 g/mol. The molecule has 5 heteroatoms. The lowest BCUT2D eigenvalue weighted by Crippen LogP contribution is -1.94. The van der Waals surface area contributed by atoms with Crippen LogP contribution in [0.2, 0.25) is 5.02 Å². The predicted octanol–water partition coefficient (Wildman–Crippen LogP) is 3.90. The number of nitrogens with one attached hydrogen (secondary N) is 1. The van der Waals surface area contributed by atoms with Gasteiger partial charge in [0, 0.05) is 23.5 Å². The Kier molecular flexibility index (Phi) is 3.20. The van der Waals surface area contributed by atoms with E-state index in [9.17, 15) is 0 Å². The molecule has 96 valence electrons. The van der Waals surface area contributed by atoms with Gasteiger partial charge in [-0.2, -0.15) is 5.26 Å². The highest BCUT2D eigenvalue weighted by atomic mass is 35.5. The maximum Gasteiger partial charge on any atom is 0.142 e. The van der Waals surface area contributed by atoms with Gasteiger partial charge in [0.25, 0.3) is 0 Å². The Morgan fingerprint density at radius 1 is 1.10 bits per heavy atom. The number of pyridine rings is 2. The molecule has 0 bridgehead atoms. The summed E-state index contributed by atoms with van der Waals surface area (Å²) >= 11 is 6.16. The summed E-state index contributed by atoms with van der Waals surface area (Å²) in [6, 6.07) is 12.9. The van der Waals surface area contributed by atoms with E-state index in [1.807, 2.05) is 30.3 Å². The van der Waals surface area contributed by atoms with E-state index in [1.165, 1.54) is 0 Å². The van der Waals surface area contributed by atoms with Crippen molar-refractivity contribution >= 4 is 33.9 Å². The van der Waals surface area contributed by atoms with Gasteiger partial charge in [0.05, 0.1) is 16.2 Å². The first kappa shape index (κ1) is 12.4. The summed E-state index contributed by atoms with van der Waals surface area (Å²) in [5, 5.41) is 13.6. The molecule has 0 atom stereocenters. The molecule has 0 fully saturated rings. The number of aromatic nitrogens is 2. The molecule has 2 heterocycles. The second-order valence-electron chi connectivity index (χ2n) is 4.16. The Balaban J connectivity index is 2.07. The Hall–Kier alpha value is -2.64. The van der Waals surface area contributed by atoms with Gasteiger partial charge in [0.15, 0.2) is 0 Å². The van der Waals surface area contributed by atoms with Crippen LogP contribution in [0.4, 0.5) is 11.4 Å². The molecule has 0 unspecified atom stereocenters. The Morgan fingerprint density at radius 3 is 2.85 bits per heavy atom. The van der Waals surface area contributed by atoms with Gasteiger partial charge >= 0.3 is 0 Å². The largest absolute Gasteiger partial charge is 0.354 e. The maximum absolute atomic E-state index is 8.87. The lowest BCUT2D eigenvalue weighted by atomic mass is 10.2. The highest BCUT2D eigenvalue weighted by Crippen LogP contribution is 2.29. The zero-order valence-corrected chi connectivity index (χ0v) is 11.1. The SMILES string of the molecule is N#Cc1cc(Nc2ccc(Cl)c3cccnc23)ccn1. The number of halogens is 1. The second-order valence-corrected chi connectivity index (χ2v) is 4.57. The topological polar surface area (TPSA) is 61.6 Å². The highest BCUT2D eigenvalue weighted by molar-refractivity contribution is 6.35. The van der Waals surface area contributed by atoms with Gasteiger partial charge in [-0.1, -0.05) is 11.6 Å². The first-order chi connectivity index (χ1) is 9.78. The molecule has 0 saturated carbocycles. The van der Waals surface area contributed by atoms with Crippen molar-refractivity contribution < 1.29 is 0 Å². The van der Waals surface area contributed by atoms with Crippen LogP contribution in [0.15, 0.2) is 48.8 Å². The van der Waals surface area contributed by atoms with Crippen LogP contribution in [0.5, 0.6) is 0 Å². The molecule has 0 aliphatic carbocycles. The van der Waals surface area contributed by atoms with Gasteiger partial charge in [0.1, 0.15) is 11.8 Å². The van der Waals surface area contributed by atoms with E-state index < -0.39 is 0 Å². The summed E-state index contributed by atoms with van der Waals surface area (Å²) in [5.41, 5.74) is 2.77. The molecule has 0 aliphatic heterocycles. The minimum atomic E-state index is 0.362. The quantitative estimate of drug-likeness (QED) is 0.773. The van der Waals surface area contributed by atoms with Crippen LogP contribution in [0.25, 0.3) is 10.9 Å². The van der Waals surface area contributed by atoms with E-state index in [0.29, 0.717) is 10.7 Å². The minimum absolute atomic E-state index is 0.362. The number of hydrogen-bond acceptors (Lipinski definition) is 4. The normalized spacial score (nSPS) is 10.2. The minimum Gasteiger partial charge on any atom is -0.354 e. The van der Waals surface area contributed by atoms with Crippen molar-refractivity contribution in [2.45, 2.75) is 0 Å². The molecule has 0 aliphatic rings. The first-order valence-electron chi connectivity index (χ1n) is 5.94. The van der Waals surface area contributed by atoms with Crippen LogP contribution in [0.3, 0.4) is 0 Å². The molecule has 0 spiro atoms. The molecule has 0 radical (unpaired) electrons. The van der Waals surface area contributed by atoms with Crippen molar-refractivity contribution in [1.29, 1.82) is 5.26 Å². The average Bonchev–Trinajstić information content (AvgIpc) is 2.51. The fourth-order valence-corrected chi connectivity index (χ4v) is 2.18. The van der Waals surface area contributed by atoms with E-state index in [4.69, 9.17) is 16.9 Å². The van der Waals surface area contributed by atoms with E-state index in [0.717, 1.165) is 22.3 Å². The number of nitrogens with zero attached hydrogens (tertiary/aromatic N) is 3. The molecule has 1 aromatic carbocycles. The lowest BCUT2D eigenvalue weighted by molar-refractivity contribution is 1.26. The average molecular weight is 281 g/mol. The number of anilines is 2. The van der Waals surface area contributed by atoms with Gasteiger partial charge in [-0.3, -0.25) is 4.98 Å². The fourth-order valence-electron chi connectivity index (χ4n) is 1.96. The first-order valence-corrected chi connectivity index (χ1v) is 6.32. The van der Waals surface area contributed by atoms with E-state index in [1.54, 1.807) is 24.5 Å². The van der Waals surface area contributed by atoms with Crippen LogP contribution < -0.4 is 5.32 Å². The van der Waals surface area contributed by atoms with Gasteiger partial charge < -0.3 is 5.32 Å². The van der Waals surface area contributed by atoms with Crippen molar-refractivity contribution in [2.24, 2.45) is 0 Å². The molecule has 2 aromatic heterocycles. The molecular formula is C15H9ClN4. The number of nitriles is 1. The van der Waals surface area contributed by atoms with Gasteiger partial charge in [-0.05, 0) is 36.4 Å². The zero-order valence-electron chi connectivity index (χ0n) is 10.3. The third-order valence-electron chi connectivity index (χ3n) is 2.87. The van der Waals surface area contributed by atoms with Crippen LogP contribution in [0, 0.1) is 11.3 Å². The van der Waals surface area contributed by atoms with Gasteiger partial charge in [0.2, 0.25) is 0 Å². The van der Waals surface area contributed by atoms with Gasteiger partial charge in [-0.15, -0.1) is 0 Å². The summed E-state index contributed by atoms with van der Waals surface area (Å²) in [7, 11) is 0. The molecule has 3 aromatic rings. The molecule has 1 N–H and O–H groups in total. The number of benzene rings is 1. The molecule has 4 nitrogen and oxygen atoms in total. The van der Waals surface area contributed by atoms with Crippen LogP contribution in [-0.2, 0) is 0 Å². The van der Waals surface area contributed by atoms with E-state index in [-0.39, 0.29) is 0 Å². The highest BCUT2D eigenvalue weighted by Gasteiger charge is 2.06. The Labute approximate surface area is 120 Å². The van der Waals surface area contributed by atoms with Crippen LogP contribution in [-0.4, -0.2) is 9.97 Å².